The molecule has 2 aromatic carbocycles. The number of benzene rings is 2. The summed E-state index contributed by atoms with van der Waals surface area (Å²) >= 11 is 0. The van der Waals surface area contributed by atoms with E-state index < -0.39 is 5.82 Å². The number of methoxy groups -OCH3 is 1. The molecule has 0 unspecified atom stereocenters. The van der Waals surface area contributed by atoms with Gasteiger partial charge in [-0.3, -0.25) is 4.79 Å². The van der Waals surface area contributed by atoms with Crippen molar-refractivity contribution >= 4 is 5.91 Å². The van der Waals surface area contributed by atoms with Crippen molar-refractivity contribution in [3.05, 3.63) is 59.9 Å². The van der Waals surface area contributed by atoms with Gasteiger partial charge in [0, 0.05) is 13.5 Å². The molecule has 128 valence electrons. The van der Waals surface area contributed by atoms with E-state index >= 15 is 0 Å². The molecular formula is C19H22FNO3. The van der Waals surface area contributed by atoms with Gasteiger partial charge in [-0.25, -0.2) is 4.39 Å². The summed E-state index contributed by atoms with van der Waals surface area (Å²) in [5.41, 5.74) is 1.08. The van der Waals surface area contributed by atoms with E-state index in [0.29, 0.717) is 19.4 Å². The van der Waals surface area contributed by atoms with Gasteiger partial charge in [0.2, 0.25) is 5.91 Å². The Morgan fingerprint density at radius 3 is 2.50 bits per heavy atom. The molecule has 24 heavy (non-hydrogen) atoms. The molecule has 4 nitrogen and oxygen atoms in total. The highest BCUT2D eigenvalue weighted by atomic mass is 19.1. The van der Waals surface area contributed by atoms with E-state index in [2.05, 4.69) is 0 Å². The Bertz CT molecular complexity index is 658. The highest BCUT2D eigenvalue weighted by Crippen LogP contribution is 2.15. The van der Waals surface area contributed by atoms with Crippen molar-refractivity contribution in [3.8, 4) is 11.5 Å². The van der Waals surface area contributed by atoms with E-state index in [1.807, 2.05) is 24.3 Å². The smallest absolute Gasteiger partial charge is 0.222 e. The Labute approximate surface area is 141 Å². The minimum absolute atomic E-state index is 0.0305. The molecular weight excluding hydrogens is 309 g/mol. The number of hydrogen-bond acceptors (Lipinski definition) is 3. The predicted octanol–water partition coefficient (Wildman–Crippen LogP) is 3.30. The normalized spacial score (nSPS) is 10.3. The summed E-state index contributed by atoms with van der Waals surface area (Å²) in [5, 5.41) is 0. The number of aryl methyl sites for hydroxylation is 1. The molecule has 0 atom stereocenters. The zero-order valence-corrected chi connectivity index (χ0v) is 14.0. The van der Waals surface area contributed by atoms with Gasteiger partial charge in [0.25, 0.3) is 0 Å². The van der Waals surface area contributed by atoms with Crippen molar-refractivity contribution in [2.75, 3.05) is 27.3 Å². The average molecular weight is 331 g/mol. The van der Waals surface area contributed by atoms with E-state index in [1.165, 1.54) is 6.07 Å². The van der Waals surface area contributed by atoms with Gasteiger partial charge in [0.15, 0.2) is 11.6 Å². The fourth-order valence-corrected chi connectivity index (χ4v) is 2.21. The molecule has 0 bridgehead atoms. The topological polar surface area (TPSA) is 38.8 Å². The van der Waals surface area contributed by atoms with Gasteiger partial charge in [-0.1, -0.05) is 24.3 Å². The molecule has 1 amide bonds. The highest BCUT2D eigenvalue weighted by molar-refractivity contribution is 5.76. The average Bonchev–Trinajstić information content (AvgIpc) is 2.61. The Balaban J connectivity index is 1.72. The van der Waals surface area contributed by atoms with Crippen LogP contribution in [0.1, 0.15) is 12.0 Å². The molecule has 0 fully saturated rings. The zero-order valence-electron chi connectivity index (χ0n) is 14.0. The van der Waals surface area contributed by atoms with Crippen LogP contribution >= 0.6 is 0 Å². The van der Waals surface area contributed by atoms with Crippen molar-refractivity contribution in [3.63, 3.8) is 0 Å². The van der Waals surface area contributed by atoms with E-state index in [1.54, 1.807) is 37.3 Å². The SMILES string of the molecule is COc1ccc(CCC(=O)N(C)CCOc2ccccc2F)cc1. The summed E-state index contributed by atoms with van der Waals surface area (Å²) in [7, 11) is 3.35. The minimum atomic E-state index is -0.397. The lowest BCUT2D eigenvalue weighted by atomic mass is 10.1. The number of hydrogen-bond donors (Lipinski definition) is 0. The van der Waals surface area contributed by atoms with Gasteiger partial charge < -0.3 is 14.4 Å². The molecule has 2 rings (SSSR count). The lowest BCUT2D eigenvalue weighted by molar-refractivity contribution is -0.130. The van der Waals surface area contributed by atoms with E-state index in [-0.39, 0.29) is 18.3 Å². The fraction of sp³-hybridized carbons (Fsp3) is 0.316. The Hall–Kier alpha value is -2.56. The molecule has 0 spiro atoms. The predicted molar refractivity (Wildman–Crippen MR) is 90.8 cm³/mol. The number of nitrogens with zero attached hydrogens (tertiary/aromatic N) is 1. The first kappa shape index (κ1) is 17.8. The van der Waals surface area contributed by atoms with E-state index in [9.17, 15) is 9.18 Å². The van der Waals surface area contributed by atoms with Gasteiger partial charge in [-0.15, -0.1) is 0 Å². The second kappa shape index (κ2) is 8.91. The minimum Gasteiger partial charge on any atom is -0.497 e. The summed E-state index contributed by atoms with van der Waals surface area (Å²) in [5.74, 6) is 0.637. The van der Waals surface area contributed by atoms with E-state index in [4.69, 9.17) is 9.47 Å². The molecule has 0 saturated carbocycles. The standard InChI is InChI=1S/C19H22FNO3/c1-21(13-14-24-18-6-4-3-5-17(18)20)19(22)12-9-15-7-10-16(23-2)11-8-15/h3-8,10-11H,9,12-14H2,1-2H3. The third kappa shape index (κ3) is 5.26. The Morgan fingerprint density at radius 1 is 1.12 bits per heavy atom. The monoisotopic (exact) mass is 331 g/mol. The van der Waals surface area contributed by atoms with E-state index in [0.717, 1.165) is 11.3 Å². The van der Waals surface area contributed by atoms with Crippen LogP contribution in [0.5, 0.6) is 11.5 Å². The van der Waals surface area contributed by atoms with Crippen LogP contribution in [-0.2, 0) is 11.2 Å². The first-order valence-corrected chi connectivity index (χ1v) is 7.84. The Kier molecular flexibility index (Phi) is 6.61. The van der Waals surface area contributed by atoms with Crippen molar-refractivity contribution in [2.45, 2.75) is 12.8 Å². The number of para-hydroxylation sites is 1. The van der Waals surface area contributed by atoms with Crippen LogP contribution in [0.3, 0.4) is 0 Å². The third-order valence-electron chi connectivity index (χ3n) is 3.73. The second-order valence-corrected chi connectivity index (χ2v) is 5.44. The van der Waals surface area contributed by atoms with Gasteiger partial charge in [0.05, 0.1) is 13.7 Å². The van der Waals surface area contributed by atoms with Crippen LogP contribution in [0.15, 0.2) is 48.5 Å². The largest absolute Gasteiger partial charge is 0.497 e. The van der Waals surface area contributed by atoms with Crippen molar-refractivity contribution < 1.29 is 18.7 Å². The number of amides is 1. The lowest BCUT2D eigenvalue weighted by Gasteiger charge is -2.17. The molecule has 0 radical (unpaired) electrons. The van der Waals surface area contributed by atoms with Crippen molar-refractivity contribution in [1.29, 1.82) is 0 Å². The lowest BCUT2D eigenvalue weighted by Crippen LogP contribution is -2.31. The molecule has 5 heteroatoms. The number of halogens is 1. The maximum atomic E-state index is 13.4. The summed E-state index contributed by atoms with van der Waals surface area (Å²) < 4.78 is 23.9. The summed E-state index contributed by atoms with van der Waals surface area (Å²) in [6, 6.07) is 13.9. The maximum absolute atomic E-state index is 13.4. The van der Waals surface area contributed by atoms with Gasteiger partial charge in [-0.2, -0.15) is 0 Å². The molecule has 0 aliphatic rings. The van der Waals surface area contributed by atoms with Crippen LogP contribution < -0.4 is 9.47 Å². The molecule has 0 aromatic heterocycles. The zero-order chi connectivity index (χ0) is 17.4. The van der Waals surface area contributed by atoms with Gasteiger partial charge >= 0.3 is 0 Å². The van der Waals surface area contributed by atoms with Crippen molar-refractivity contribution in [1.82, 2.24) is 4.90 Å². The maximum Gasteiger partial charge on any atom is 0.222 e. The molecule has 0 heterocycles. The van der Waals surface area contributed by atoms with Crippen LogP contribution in [0.25, 0.3) is 0 Å². The third-order valence-corrected chi connectivity index (χ3v) is 3.73. The molecule has 2 aromatic rings. The van der Waals surface area contributed by atoms with Crippen LogP contribution in [0.2, 0.25) is 0 Å². The van der Waals surface area contributed by atoms with Gasteiger partial charge in [-0.05, 0) is 36.2 Å². The molecule has 0 saturated heterocycles. The number of ether oxygens (including phenoxy) is 2. The first-order valence-electron chi connectivity index (χ1n) is 7.84. The number of carbonyl (C=O) groups excluding carboxylic acids is 1. The highest BCUT2D eigenvalue weighted by Gasteiger charge is 2.10. The number of carbonyl (C=O) groups is 1. The first-order chi connectivity index (χ1) is 11.6. The van der Waals surface area contributed by atoms with Crippen LogP contribution in [0, 0.1) is 5.82 Å². The fourth-order valence-electron chi connectivity index (χ4n) is 2.21. The molecule has 0 aliphatic heterocycles. The van der Waals surface area contributed by atoms with Crippen LogP contribution in [0.4, 0.5) is 4.39 Å². The van der Waals surface area contributed by atoms with Crippen molar-refractivity contribution in [2.24, 2.45) is 0 Å². The second-order valence-electron chi connectivity index (χ2n) is 5.44. The molecule has 0 N–H and O–H groups in total. The summed E-state index contributed by atoms with van der Waals surface area (Å²) in [4.78, 5) is 13.7. The van der Waals surface area contributed by atoms with Crippen LogP contribution in [-0.4, -0.2) is 38.1 Å². The van der Waals surface area contributed by atoms with Gasteiger partial charge in [0.1, 0.15) is 12.4 Å². The summed E-state index contributed by atoms with van der Waals surface area (Å²) in [6.07, 6.45) is 1.09. The number of rotatable bonds is 8. The quantitative estimate of drug-likeness (QED) is 0.745. The molecule has 0 aliphatic carbocycles. The number of likely N-dealkylation sites (N-methyl/N-ethyl adjacent to an activating group) is 1. The Morgan fingerprint density at radius 2 is 1.83 bits per heavy atom. The summed E-state index contributed by atoms with van der Waals surface area (Å²) in [6.45, 7) is 0.668.